The molecule has 1 saturated heterocycles. The molecule has 1 unspecified atom stereocenters. The molecule has 0 radical (unpaired) electrons. The van der Waals surface area contributed by atoms with Crippen molar-refractivity contribution in [2.24, 2.45) is 0 Å². The highest BCUT2D eigenvalue weighted by Crippen LogP contribution is 2.35. The molecule has 1 fully saturated rings. The number of piperazine rings is 1. The van der Waals surface area contributed by atoms with Crippen molar-refractivity contribution in [1.82, 2.24) is 25.4 Å². The molecule has 1 aromatic carbocycles. The highest BCUT2D eigenvalue weighted by atomic mass is 32.1. The van der Waals surface area contributed by atoms with Gasteiger partial charge in [-0.2, -0.15) is 0 Å². The fraction of sp³-hybridized carbons (Fsp3) is 0.381. The van der Waals surface area contributed by atoms with Crippen LogP contribution in [0.1, 0.15) is 35.3 Å². The predicted molar refractivity (Wildman–Crippen MR) is 130 cm³/mol. The van der Waals surface area contributed by atoms with Gasteiger partial charge in [-0.25, -0.2) is 14.2 Å². The first-order valence-electron chi connectivity index (χ1n) is 11.5. The molecule has 4 rings (SSSR count). The summed E-state index contributed by atoms with van der Waals surface area (Å²) in [5.41, 5.74) is 5.41. The summed E-state index contributed by atoms with van der Waals surface area (Å²) in [6.45, 7) is 2.05. The summed E-state index contributed by atoms with van der Waals surface area (Å²) >= 11 is 0.898. The molecular formula is C21H24BFN6O8S. The Labute approximate surface area is 219 Å². The lowest BCUT2D eigenvalue weighted by Gasteiger charge is -2.33. The van der Waals surface area contributed by atoms with Crippen LogP contribution in [0.25, 0.3) is 0 Å². The van der Waals surface area contributed by atoms with Crippen LogP contribution in [0.3, 0.4) is 0 Å². The van der Waals surface area contributed by atoms with E-state index in [4.69, 9.17) is 10.4 Å². The van der Waals surface area contributed by atoms with Gasteiger partial charge in [-0.15, -0.1) is 0 Å². The molecule has 202 valence electrons. The van der Waals surface area contributed by atoms with Crippen LogP contribution in [0.2, 0.25) is 0 Å². The van der Waals surface area contributed by atoms with E-state index in [0.29, 0.717) is 11.4 Å². The van der Waals surface area contributed by atoms with Crippen LogP contribution >= 0.6 is 11.3 Å². The number of urea groups is 1. The number of thiazole rings is 1. The van der Waals surface area contributed by atoms with E-state index in [1.807, 2.05) is 0 Å². The molecule has 38 heavy (non-hydrogen) atoms. The van der Waals surface area contributed by atoms with Crippen LogP contribution in [-0.2, 0) is 20.8 Å². The monoisotopic (exact) mass is 550 g/mol. The van der Waals surface area contributed by atoms with Crippen molar-refractivity contribution in [3.8, 4) is 5.75 Å². The molecule has 17 heteroatoms. The van der Waals surface area contributed by atoms with E-state index >= 15 is 0 Å². The number of aromatic nitrogens is 1. The number of nitrogens with zero attached hydrogens (tertiary/aromatic N) is 3. The number of rotatable bonds is 6. The number of benzene rings is 1. The summed E-state index contributed by atoms with van der Waals surface area (Å²) in [7, 11) is -1.71. The Balaban J connectivity index is 1.53. The number of fused-ring (bicyclic) bond motifs is 1. The fourth-order valence-electron chi connectivity index (χ4n) is 4.16. The largest absolute Gasteiger partial charge is 0.547 e. The van der Waals surface area contributed by atoms with Gasteiger partial charge < -0.3 is 41.2 Å². The topological polar surface area (TPSA) is 208 Å². The molecule has 0 saturated carbocycles. The molecule has 2 aromatic rings. The summed E-state index contributed by atoms with van der Waals surface area (Å²) in [6, 6.07) is -0.105. The Kier molecular flexibility index (Phi) is 7.82. The third-order valence-electron chi connectivity index (χ3n) is 6.12. The Morgan fingerprint density at radius 3 is 2.68 bits per heavy atom. The van der Waals surface area contributed by atoms with Crippen molar-refractivity contribution in [3.05, 3.63) is 40.2 Å². The van der Waals surface area contributed by atoms with Crippen molar-refractivity contribution >= 4 is 47.3 Å². The summed E-state index contributed by atoms with van der Waals surface area (Å²) < 4.78 is 19.4. The minimum absolute atomic E-state index is 0.0784. The smallest absolute Gasteiger partial charge is 0.534 e. The number of nitrogens with two attached hydrogens (primary N) is 1. The van der Waals surface area contributed by atoms with Gasteiger partial charge >= 0.3 is 25.0 Å². The zero-order valence-corrected chi connectivity index (χ0v) is 20.8. The van der Waals surface area contributed by atoms with Gasteiger partial charge in [0.2, 0.25) is 5.91 Å². The molecule has 7 N–H and O–H groups in total. The number of halogens is 1. The van der Waals surface area contributed by atoms with Gasteiger partial charge in [0.1, 0.15) is 17.6 Å². The second-order valence-electron chi connectivity index (χ2n) is 8.48. The number of carbonyl (C=O) groups is 4. The predicted octanol–water partition coefficient (Wildman–Crippen LogP) is -1.57. The number of aliphatic hydroxyl groups excluding tert-OH is 1. The van der Waals surface area contributed by atoms with Gasteiger partial charge in [0, 0.05) is 25.8 Å². The number of carbonyl (C=O) groups excluding carboxylic acids is 4. The third kappa shape index (κ3) is 5.26. The normalized spacial score (nSPS) is 18.3. The highest BCUT2D eigenvalue weighted by molar-refractivity contribution is 7.15. The van der Waals surface area contributed by atoms with Crippen molar-refractivity contribution in [2.45, 2.75) is 31.6 Å². The molecule has 2 atom stereocenters. The van der Waals surface area contributed by atoms with Gasteiger partial charge in [0.05, 0.1) is 16.4 Å². The van der Waals surface area contributed by atoms with Crippen LogP contribution in [-0.4, -0.2) is 86.5 Å². The molecule has 5 amide bonds. The summed E-state index contributed by atoms with van der Waals surface area (Å²) in [5.74, 6) is -5.01. The zero-order chi connectivity index (χ0) is 27.7. The maximum absolute atomic E-state index is 14.1. The van der Waals surface area contributed by atoms with E-state index in [1.165, 1.54) is 17.2 Å². The van der Waals surface area contributed by atoms with E-state index in [1.54, 1.807) is 6.92 Å². The quantitative estimate of drug-likeness (QED) is 0.138. The Hall–Kier alpha value is -3.80. The van der Waals surface area contributed by atoms with Crippen molar-refractivity contribution < 1.29 is 43.5 Å². The summed E-state index contributed by atoms with van der Waals surface area (Å²) in [6.07, 6.45) is -1.03. The zero-order valence-electron chi connectivity index (χ0n) is 20.0. The SMILES string of the molecule is CCN1CCN(C(=O)NC(C(=O)N[C@H]2Cc3ccc(F)c(C(O)O)c3OB2O)c2cnc(N)s2)C(=O)C1=O. The molecule has 1 aromatic heterocycles. The first-order valence-corrected chi connectivity index (χ1v) is 12.3. The Morgan fingerprint density at radius 2 is 2.05 bits per heavy atom. The summed E-state index contributed by atoms with van der Waals surface area (Å²) in [4.78, 5) is 56.9. The van der Waals surface area contributed by atoms with Crippen molar-refractivity contribution in [3.63, 3.8) is 0 Å². The minimum atomic E-state index is -2.20. The maximum Gasteiger partial charge on any atom is 0.547 e. The number of aliphatic hydroxyl groups is 2. The Bertz CT molecular complexity index is 1280. The number of nitrogen functional groups attached to an aromatic ring is 1. The van der Waals surface area contributed by atoms with Crippen molar-refractivity contribution in [2.75, 3.05) is 25.4 Å². The molecular weight excluding hydrogens is 526 g/mol. The number of likely N-dealkylation sites (N-methyl/N-ethyl adjacent to an activating group) is 1. The van der Waals surface area contributed by atoms with Gasteiger partial charge in [-0.1, -0.05) is 17.4 Å². The van der Waals surface area contributed by atoms with Gasteiger partial charge in [-0.05, 0) is 25.0 Å². The number of imide groups is 1. The number of nitrogens with one attached hydrogen (secondary N) is 2. The van der Waals surface area contributed by atoms with E-state index in [2.05, 4.69) is 15.6 Å². The van der Waals surface area contributed by atoms with Crippen molar-refractivity contribution in [1.29, 1.82) is 0 Å². The average molecular weight is 550 g/mol. The second-order valence-corrected chi connectivity index (χ2v) is 9.57. The minimum Gasteiger partial charge on any atom is -0.534 e. The van der Waals surface area contributed by atoms with Gasteiger partial charge in [-0.3, -0.25) is 19.3 Å². The molecule has 2 aliphatic heterocycles. The molecule has 0 spiro atoms. The van der Waals surface area contributed by atoms with E-state index in [-0.39, 0.29) is 40.8 Å². The van der Waals surface area contributed by atoms with Crippen LogP contribution in [0.4, 0.5) is 14.3 Å². The first kappa shape index (κ1) is 27.2. The molecule has 14 nitrogen and oxygen atoms in total. The lowest BCUT2D eigenvalue weighted by Crippen LogP contribution is -2.60. The van der Waals surface area contributed by atoms with Crippen LogP contribution in [0, 0.1) is 5.82 Å². The van der Waals surface area contributed by atoms with E-state index in [0.717, 1.165) is 17.4 Å². The van der Waals surface area contributed by atoms with Crippen LogP contribution in [0.15, 0.2) is 18.3 Å². The standard InChI is InChI=1S/C21H24BFN6O8S/c1-2-28-5-6-29(18(32)17(28)31)21(35)27-14(11-8-25-20(24)38-11)16(30)26-12-7-9-3-4-10(23)13(19(33)34)15(9)37-22(12)36/h3-4,8,12,14,19,33-34,36H,2,5-7H2,1H3,(H2,24,25)(H,26,30)(H,27,35)/t12-,14?/m0/s1. The highest BCUT2D eigenvalue weighted by Gasteiger charge is 2.41. The second kappa shape index (κ2) is 10.9. The fourth-order valence-corrected chi connectivity index (χ4v) is 4.90. The lowest BCUT2D eigenvalue weighted by molar-refractivity contribution is -0.153. The van der Waals surface area contributed by atoms with Crippen LogP contribution in [0.5, 0.6) is 5.75 Å². The number of anilines is 1. The molecule has 0 bridgehead atoms. The third-order valence-corrected chi connectivity index (χ3v) is 7.02. The Morgan fingerprint density at radius 1 is 1.32 bits per heavy atom. The first-order chi connectivity index (χ1) is 18.0. The van der Waals surface area contributed by atoms with E-state index in [9.17, 15) is 38.8 Å². The molecule has 0 aliphatic carbocycles. The maximum atomic E-state index is 14.1. The summed E-state index contributed by atoms with van der Waals surface area (Å²) in [5, 5.41) is 34.5. The van der Waals surface area contributed by atoms with Crippen LogP contribution < -0.4 is 21.0 Å². The average Bonchev–Trinajstić information content (AvgIpc) is 3.30. The number of hydrogen-bond acceptors (Lipinski definition) is 11. The van der Waals surface area contributed by atoms with E-state index < -0.39 is 60.5 Å². The molecule has 3 heterocycles. The molecule has 2 aliphatic rings. The number of amides is 5. The number of hydrogen-bond donors (Lipinski definition) is 6. The van der Waals surface area contributed by atoms with Gasteiger partial charge in [0.15, 0.2) is 11.4 Å². The lowest BCUT2D eigenvalue weighted by atomic mass is 9.72. The van der Waals surface area contributed by atoms with Gasteiger partial charge in [0.25, 0.3) is 0 Å².